The third-order valence-corrected chi connectivity index (χ3v) is 6.73. The molecule has 0 aromatic heterocycles. The average molecular weight is 457 g/mol. The van der Waals surface area contributed by atoms with Gasteiger partial charge in [-0.25, -0.2) is 8.42 Å². The van der Waals surface area contributed by atoms with E-state index in [9.17, 15) is 13.0 Å². The second-order valence-corrected chi connectivity index (χ2v) is 9.55. The largest absolute Gasteiger partial charge is 1.00 e. The summed E-state index contributed by atoms with van der Waals surface area (Å²) in [5.41, 5.74) is 1.04. The van der Waals surface area contributed by atoms with Gasteiger partial charge in [-0.05, 0) is 30.5 Å². The second kappa shape index (κ2) is 15.3. The summed E-state index contributed by atoms with van der Waals surface area (Å²) >= 11 is 0. The Morgan fingerprint density at radius 1 is 0.806 bits per heavy atom. The molecule has 0 aliphatic carbocycles. The normalized spacial score (nSPS) is 11.5. The molecule has 31 heavy (non-hydrogen) atoms. The summed E-state index contributed by atoms with van der Waals surface area (Å²) in [5.74, 6) is 0.618. The maximum Gasteiger partial charge on any atom is 1.00 e. The Labute approximate surface area is 211 Å². The Bertz CT molecular complexity index is 880. The van der Waals surface area contributed by atoms with Crippen LogP contribution < -0.4 is 34.3 Å². The van der Waals surface area contributed by atoms with Crippen molar-refractivity contribution in [3.63, 3.8) is 0 Å². The van der Waals surface area contributed by atoms with E-state index in [4.69, 9.17) is 4.74 Å². The van der Waals surface area contributed by atoms with Crippen LogP contribution in [0.3, 0.4) is 0 Å². The number of benzene rings is 2. The zero-order valence-corrected chi connectivity index (χ0v) is 22.4. The zero-order valence-electron chi connectivity index (χ0n) is 19.6. The standard InChI is InChI=1S/C25H38O4S.Na/c1-3-4-5-6-7-8-9-10-11-12-13-14-16-21-17-15-18-22-24(30(26,27)28)20-19-23(29-2)25(21)22;/h15,17-20H,3-14,16H2,1-2H3,(H,26,27,28);/q;+1/p-1. The summed E-state index contributed by atoms with van der Waals surface area (Å²) in [6, 6.07) is 8.45. The Balaban J connectivity index is 0.00000480. The van der Waals surface area contributed by atoms with Gasteiger partial charge in [0.1, 0.15) is 15.9 Å². The fraction of sp³-hybridized carbons (Fsp3) is 0.600. The summed E-state index contributed by atoms with van der Waals surface area (Å²) in [6.45, 7) is 2.25. The molecular weight excluding hydrogens is 419 g/mol. The Morgan fingerprint density at radius 2 is 1.35 bits per heavy atom. The van der Waals surface area contributed by atoms with Crippen LogP contribution in [0.4, 0.5) is 0 Å². The summed E-state index contributed by atoms with van der Waals surface area (Å²) in [4.78, 5) is -0.171. The minimum absolute atomic E-state index is 0. The predicted molar refractivity (Wildman–Crippen MR) is 123 cm³/mol. The molecule has 6 heteroatoms. The van der Waals surface area contributed by atoms with Crippen LogP contribution in [0.15, 0.2) is 35.2 Å². The van der Waals surface area contributed by atoms with E-state index in [0.29, 0.717) is 11.1 Å². The van der Waals surface area contributed by atoms with E-state index in [1.807, 2.05) is 12.1 Å². The molecule has 0 unspecified atom stereocenters. The fourth-order valence-electron chi connectivity index (χ4n) is 4.17. The third-order valence-electron chi connectivity index (χ3n) is 5.84. The molecule has 0 fully saturated rings. The second-order valence-electron chi connectivity index (χ2n) is 8.20. The maximum absolute atomic E-state index is 11.6. The van der Waals surface area contributed by atoms with E-state index in [1.165, 1.54) is 70.3 Å². The van der Waals surface area contributed by atoms with Crippen LogP contribution in [0.1, 0.15) is 89.5 Å². The molecule has 0 heterocycles. The van der Waals surface area contributed by atoms with Crippen LogP contribution in [-0.4, -0.2) is 20.1 Å². The van der Waals surface area contributed by atoms with Gasteiger partial charge in [-0.2, -0.15) is 0 Å². The van der Waals surface area contributed by atoms with Gasteiger partial charge in [-0.15, -0.1) is 0 Å². The molecule has 0 saturated carbocycles. The molecule has 168 valence electrons. The van der Waals surface area contributed by atoms with Crippen molar-refractivity contribution in [1.29, 1.82) is 0 Å². The van der Waals surface area contributed by atoms with Crippen molar-refractivity contribution < 1.29 is 47.3 Å². The molecule has 0 spiro atoms. The van der Waals surface area contributed by atoms with Crippen molar-refractivity contribution in [2.24, 2.45) is 0 Å². The van der Waals surface area contributed by atoms with Gasteiger partial charge in [-0.1, -0.05) is 95.8 Å². The van der Waals surface area contributed by atoms with Crippen LogP contribution in [0.5, 0.6) is 5.75 Å². The van der Waals surface area contributed by atoms with Gasteiger partial charge >= 0.3 is 29.6 Å². The zero-order chi connectivity index (χ0) is 21.8. The molecule has 0 atom stereocenters. The number of aryl methyl sites for hydroxylation is 1. The number of hydrogen-bond acceptors (Lipinski definition) is 4. The molecule has 0 amide bonds. The summed E-state index contributed by atoms with van der Waals surface area (Å²) < 4.78 is 40.4. The Kier molecular flexibility index (Phi) is 14.0. The van der Waals surface area contributed by atoms with Crippen LogP contribution in [0.2, 0.25) is 0 Å². The van der Waals surface area contributed by atoms with E-state index in [1.54, 1.807) is 19.2 Å². The van der Waals surface area contributed by atoms with Crippen LogP contribution in [0, 0.1) is 0 Å². The van der Waals surface area contributed by atoms with Crippen molar-refractivity contribution in [3.8, 4) is 5.75 Å². The number of rotatable bonds is 15. The molecule has 0 aliphatic heterocycles. The minimum Gasteiger partial charge on any atom is -0.744 e. The molecule has 0 bridgehead atoms. The molecule has 2 aromatic rings. The van der Waals surface area contributed by atoms with E-state index in [2.05, 4.69) is 6.92 Å². The van der Waals surface area contributed by atoms with E-state index >= 15 is 0 Å². The van der Waals surface area contributed by atoms with E-state index in [-0.39, 0.29) is 34.5 Å². The first kappa shape index (κ1) is 28.4. The molecular formula is C25H37NaO4S. The monoisotopic (exact) mass is 456 g/mol. The molecule has 0 aliphatic rings. The van der Waals surface area contributed by atoms with Crippen molar-refractivity contribution in [1.82, 2.24) is 0 Å². The molecule has 4 nitrogen and oxygen atoms in total. The first-order valence-electron chi connectivity index (χ1n) is 11.5. The van der Waals surface area contributed by atoms with E-state index in [0.717, 1.165) is 30.2 Å². The van der Waals surface area contributed by atoms with Gasteiger partial charge in [-0.3, -0.25) is 0 Å². The van der Waals surface area contributed by atoms with Crippen molar-refractivity contribution in [2.45, 2.75) is 95.3 Å². The van der Waals surface area contributed by atoms with Crippen molar-refractivity contribution in [3.05, 3.63) is 35.9 Å². The molecule has 0 radical (unpaired) electrons. The summed E-state index contributed by atoms with van der Waals surface area (Å²) in [5, 5.41) is 1.21. The van der Waals surface area contributed by atoms with Gasteiger partial charge in [0.05, 0.1) is 12.0 Å². The van der Waals surface area contributed by atoms with Gasteiger partial charge in [0.2, 0.25) is 0 Å². The van der Waals surface area contributed by atoms with Gasteiger partial charge in [0, 0.05) is 10.8 Å². The van der Waals surface area contributed by atoms with Crippen LogP contribution in [-0.2, 0) is 16.5 Å². The van der Waals surface area contributed by atoms with Crippen molar-refractivity contribution in [2.75, 3.05) is 7.11 Å². The minimum atomic E-state index is -4.52. The number of unbranched alkanes of at least 4 members (excludes halogenated alkanes) is 11. The molecule has 0 N–H and O–H groups in total. The Morgan fingerprint density at radius 3 is 1.87 bits per heavy atom. The smallest absolute Gasteiger partial charge is 0.744 e. The SMILES string of the molecule is CCCCCCCCCCCCCCc1cccc2c(S(=O)(=O)[O-])ccc(OC)c12.[Na+]. The third kappa shape index (κ3) is 9.43. The predicted octanol–water partition coefficient (Wildman–Crippen LogP) is 4.00. The topological polar surface area (TPSA) is 66.4 Å². The fourth-order valence-corrected chi connectivity index (χ4v) is 4.85. The molecule has 2 aromatic carbocycles. The van der Waals surface area contributed by atoms with Gasteiger partial charge in [0.15, 0.2) is 0 Å². The Hall–Kier alpha value is -0.590. The summed E-state index contributed by atoms with van der Waals surface area (Å²) in [6.07, 6.45) is 16.4. The number of methoxy groups -OCH3 is 1. The van der Waals surface area contributed by atoms with Gasteiger partial charge in [0.25, 0.3) is 0 Å². The first-order valence-corrected chi connectivity index (χ1v) is 12.9. The molecule has 2 rings (SSSR count). The van der Waals surface area contributed by atoms with Crippen molar-refractivity contribution >= 4 is 20.9 Å². The van der Waals surface area contributed by atoms with Gasteiger partial charge < -0.3 is 9.29 Å². The first-order chi connectivity index (χ1) is 14.5. The number of ether oxygens (including phenoxy) is 1. The average Bonchev–Trinajstić information content (AvgIpc) is 2.73. The van der Waals surface area contributed by atoms with Crippen LogP contribution in [0.25, 0.3) is 10.8 Å². The quantitative estimate of drug-likeness (QED) is 0.231. The van der Waals surface area contributed by atoms with Crippen LogP contribution >= 0.6 is 0 Å². The molecule has 0 saturated heterocycles. The number of hydrogen-bond donors (Lipinski definition) is 0. The number of fused-ring (bicyclic) bond motifs is 1. The summed E-state index contributed by atoms with van der Waals surface area (Å²) in [7, 11) is -2.95. The van der Waals surface area contributed by atoms with E-state index < -0.39 is 10.1 Å². The maximum atomic E-state index is 11.6.